The Morgan fingerprint density at radius 1 is 1.09 bits per heavy atom. The first-order valence-electron chi connectivity index (χ1n) is 7.54. The average Bonchev–Trinajstić information content (AvgIpc) is 2.91. The minimum atomic E-state index is 0.717. The lowest BCUT2D eigenvalue weighted by molar-refractivity contribution is 1.12. The van der Waals surface area contributed by atoms with E-state index in [1.165, 1.54) is 5.56 Å². The highest BCUT2D eigenvalue weighted by molar-refractivity contribution is 6.06. The number of rotatable bonds is 1. The zero-order valence-corrected chi connectivity index (χ0v) is 13.0. The van der Waals surface area contributed by atoms with Crippen molar-refractivity contribution in [1.82, 2.24) is 9.38 Å². The van der Waals surface area contributed by atoms with Crippen LogP contribution in [-0.4, -0.2) is 9.38 Å². The lowest BCUT2D eigenvalue weighted by Gasteiger charge is -2.12. The van der Waals surface area contributed by atoms with Gasteiger partial charge in [-0.25, -0.2) is 0 Å². The van der Waals surface area contributed by atoms with Gasteiger partial charge < -0.3 is 4.40 Å². The molecule has 0 saturated carbocycles. The molecule has 4 rings (SSSR count). The van der Waals surface area contributed by atoms with E-state index in [4.69, 9.17) is 0 Å². The lowest BCUT2D eigenvalue weighted by atomic mass is 9.98. The first-order valence-corrected chi connectivity index (χ1v) is 7.54. The van der Waals surface area contributed by atoms with Crippen molar-refractivity contribution in [1.29, 1.82) is 5.26 Å². The van der Waals surface area contributed by atoms with E-state index in [1.807, 2.05) is 25.3 Å². The molecule has 0 aliphatic carbocycles. The number of pyridine rings is 2. The standard InChI is InChI=1S/C20H15N3/c1-13-5-6-17-18(8-13)19(15-4-3-7-22-11-15)12-23-14(2)9-16(10-21)20(17)23/h3-9,11-12H,1-2H3. The summed E-state index contributed by atoms with van der Waals surface area (Å²) in [5, 5.41) is 11.7. The molecule has 0 bridgehead atoms. The minimum Gasteiger partial charge on any atom is -0.319 e. The fourth-order valence-corrected chi connectivity index (χ4v) is 3.22. The molecule has 3 nitrogen and oxygen atoms in total. The van der Waals surface area contributed by atoms with Crippen LogP contribution in [0.2, 0.25) is 0 Å². The molecule has 3 heteroatoms. The molecular formula is C20H15N3. The third kappa shape index (κ3) is 2.00. The maximum absolute atomic E-state index is 9.48. The SMILES string of the molecule is Cc1ccc2c(c1)c(-c1cccnc1)cn1c(C)cc(C#N)c21. The predicted octanol–water partition coefficient (Wildman–Crippen LogP) is 4.64. The second-order valence-corrected chi connectivity index (χ2v) is 5.86. The van der Waals surface area contributed by atoms with Gasteiger partial charge in [-0.3, -0.25) is 4.98 Å². The average molecular weight is 297 g/mol. The van der Waals surface area contributed by atoms with Crippen LogP contribution in [0.4, 0.5) is 0 Å². The van der Waals surface area contributed by atoms with Crippen molar-refractivity contribution in [2.24, 2.45) is 0 Å². The Bertz CT molecular complexity index is 1080. The van der Waals surface area contributed by atoms with Crippen LogP contribution in [0.3, 0.4) is 0 Å². The summed E-state index contributed by atoms with van der Waals surface area (Å²) in [5.74, 6) is 0. The monoisotopic (exact) mass is 297 g/mol. The number of nitrogens with zero attached hydrogens (tertiary/aromatic N) is 3. The summed E-state index contributed by atoms with van der Waals surface area (Å²) >= 11 is 0. The van der Waals surface area contributed by atoms with Crippen LogP contribution in [0.1, 0.15) is 16.8 Å². The van der Waals surface area contributed by atoms with Crippen LogP contribution in [0.15, 0.2) is 55.0 Å². The second-order valence-electron chi connectivity index (χ2n) is 5.86. The van der Waals surface area contributed by atoms with Crippen molar-refractivity contribution >= 4 is 16.3 Å². The van der Waals surface area contributed by atoms with Crippen molar-refractivity contribution in [2.45, 2.75) is 13.8 Å². The van der Waals surface area contributed by atoms with Crippen LogP contribution in [0.25, 0.3) is 27.4 Å². The number of aromatic nitrogens is 2. The van der Waals surface area contributed by atoms with Crippen LogP contribution in [-0.2, 0) is 0 Å². The van der Waals surface area contributed by atoms with E-state index in [-0.39, 0.29) is 0 Å². The van der Waals surface area contributed by atoms with Gasteiger partial charge in [0.15, 0.2) is 0 Å². The van der Waals surface area contributed by atoms with Crippen molar-refractivity contribution < 1.29 is 0 Å². The summed E-state index contributed by atoms with van der Waals surface area (Å²) in [6.45, 7) is 4.12. The van der Waals surface area contributed by atoms with E-state index in [0.29, 0.717) is 5.56 Å². The van der Waals surface area contributed by atoms with E-state index in [2.05, 4.69) is 52.8 Å². The molecular weight excluding hydrogens is 282 g/mol. The minimum absolute atomic E-state index is 0.717. The summed E-state index contributed by atoms with van der Waals surface area (Å²) < 4.78 is 2.11. The van der Waals surface area contributed by atoms with E-state index < -0.39 is 0 Å². The molecule has 0 fully saturated rings. The van der Waals surface area contributed by atoms with Gasteiger partial charge in [-0.05, 0) is 31.4 Å². The van der Waals surface area contributed by atoms with Gasteiger partial charge in [0.1, 0.15) is 6.07 Å². The molecule has 0 aliphatic heterocycles. The number of benzene rings is 1. The van der Waals surface area contributed by atoms with Gasteiger partial charge in [-0.15, -0.1) is 0 Å². The Morgan fingerprint density at radius 2 is 1.96 bits per heavy atom. The van der Waals surface area contributed by atoms with E-state index in [1.54, 1.807) is 6.20 Å². The molecule has 0 saturated heterocycles. The number of hydrogen-bond donors (Lipinski definition) is 0. The van der Waals surface area contributed by atoms with Crippen molar-refractivity contribution in [3.05, 3.63) is 71.8 Å². The zero-order valence-electron chi connectivity index (χ0n) is 13.0. The Labute approximate surface area is 134 Å². The Hall–Kier alpha value is -3.12. The molecule has 3 heterocycles. The summed E-state index contributed by atoms with van der Waals surface area (Å²) in [6, 6.07) is 14.7. The first-order chi connectivity index (χ1) is 11.2. The number of aryl methyl sites for hydroxylation is 2. The van der Waals surface area contributed by atoms with E-state index in [9.17, 15) is 5.26 Å². The maximum atomic E-state index is 9.48. The Morgan fingerprint density at radius 3 is 2.70 bits per heavy atom. The normalized spacial score (nSPS) is 11.0. The maximum Gasteiger partial charge on any atom is 0.101 e. The third-order valence-corrected chi connectivity index (χ3v) is 4.30. The molecule has 0 N–H and O–H groups in total. The third-order valence-electron chi connectivity index (χ3n) is 4.30. The molecule has 1 aromatic carbocycles. The van der Waals surface area contributed by atoms with Gasteiger partial charge in [-0.1, -0.05) is 29.8 Å². The molecule has 0 radical (unpaired) electrons. The topological polar surface area (TPSA) is 41.1 Å². The summed E-state index contributed by atoms with van der Waals surface area (Å²) in [5.41, 5.74) is 6.17. The fraction of sp³-hybridized carbons (Fsp3) is 0.100. The van der Waals surface area contributed by atoms with Gasteiger partial charge in [0.25, 0.3) is 0 Å². The Balaban J connectivity index is 2.24. The van der Waals surface area contributed by atoms with Gasteiger partial charge in [0, 0.05) is 40.8 Å². The molecule has 0 amide bonds. The summed E-state index contributed by atoms with van der Waals surface area (Å²) in [6.07, 6.45) is 5.78. The zero-order chi connectivity index (χ0) is 16.0. The van der Waals surface area contributed by atoms with Gasteiger partial charge in [0.2, 0.25) is 0 Å². The molecule has 0 spiro atoms. The number of nitriles is 1. The highest BCUT2D eigenvalue weighted by Crippen LogP contribution is 2.34. The lowest BCUT2D eigenvalue weighted by Crippen LogP contribution is -1.93. The highest BCUT2D eigenvalue weighted by atomic mass is 14.9. The molecule has 0 atom stereocenters. The van der Waals surface area contributed by atoms with E-state index >= 15 is 0 Å². The second kappa shape index (κ2) is 4.96. The molecule has 4 aromatic rings. The molecule has 0 aliphatic rings. The van der Waals surface area contributed by atoms with Gasteiger partial charge in [0.05, 0.1) is 11.1 Å². The molecule has 23 heavy (non-hydrogen) atoms. The van der Waals surface area contributed by atoms with E-state index in [0.717, 1.165) is 33.1 Å². The number of hydrogen-bond acceptors (Lipinski definition) is 2. The van der Waals surface area contributed by atoms with Crippen LogP contribution in [0, 0.1) is 25.2 Å². The first kappa shape index (κ1) is 13.5. The van der Waals surface area contributed by atoms with Crippen molar-refractivity contribution in [3.8, 4) is 17.2 Å². The summed E-state index contributed by atoms with van der Waals surface area (Å²) in [7, 11) is 0. The fourth-order valence-electron chi connectivity index (χ4n) is 3.22. The van der Waals surface area contributed by atoms with Crippen LogP contribution >= 0.6 is 0 Å². The molecule has 0 unspecified atom stereocenters. The van der Waals surface area contributed by atoms with Crippen LogP contribution < -0.4 is 0 Å². The van der Waals surface area contributed by atoms with Gasteiger partial charge in [-0.2, -0.15) is 5.26 Å². The molecule has 110 valence electrons. The summed E-state index contributed by atoms with van der Waals surface area (Å²) in [4.78, 5) is 4.25. The Kier molecular flexibility index (Phi) is 2.92. The van der Waals surface area contributed by atoms with Crippen molar-refractivity contribution in [3.63, 3.8) is 0 Å². The van der Waals surface area contributed by atoms with Crippen LogP contribution in [0.5, 0.6) is 0 Å². The highest BCUT2D eigenvalue weighted by Gasteiger charge is 2.14. The largest absolute Gasteiger partial charge is 0.319 e. The van der Waals surface area contributed by atoms with Crippen molar-refractivity contribution in [2.75, 3.05) is 0 Å². The number of fused-ring (bicyclic) bond motifs is 3. The quantitative estimate of drug-likeness (QED) is 0.513. The smallest absolute Gasteiger partial charge is 0.101 e. The van der Waals surface area contributed by atoms with Gasteiger partial charge >= 0.3 is 0 Å². The predicted molar refractivity (Wildman–Crippen MR) is 92.3 cm³/mol. The molecule has 3 aromatic heterocycles.